The molecule has 1 aromatic carbocycles. The van der Waals surface area contributed by atoms with E-state index in [0.29, 0.717) is 32.1 Å². The number of imidazole rings is 1. The summed E-state index contributed by atoms with van der Waals surface area (Å²) in [5.74, 6) is 1.05. The van der Waals surface area contributed by atoms with E-state index in [1.165, 1.54) is 12.8 Å². The molecule has 3 heterocycles. The van der Waals surface area contributed by atoms with Gasteiger partial charge in [-0.25, -0.2) is 4.98 Å². The molecule has 3 aliphatic rings. The van der Waals surface area contributed by atoms with E-state index in [4.69, 9.17) is 4.98 Å². The highest BCUT2D eigenvalue weighted by molar-refractivity contribution is 5.89. The Morgan fingerprint density at radius 3 is 2.77 bits per heavy atom. The number of carbonyl (C=O) groups is 2. The number of hydrogen-bond donors (Lipinski definition) is 0. The average Bonchev–Trinajstić information content (AvgIpc) is 3.38. The highest BCUT2D eigenvalue weighted by atomic mass is 16.2. The third-order valence-corrected chi connectivity index (χ3v) is 6.24. The van der Waals surface area contributed by atoms with E-state index in [0.717, 1.165) is 36.2 Å². The minimum absolute atomic E-state index is 0.122. The average molecular weight is 352 g/mol. The van der Waals surface area contributed by atoms with Crippen LogP contribution in [0.15, 0.2) is 24.3 Å². The summed E-state index contributed by atoms with van der Waals surface area (Å²) in [7, 11) is 0. The van der Waals surface area contributed by atoms with Gasteiger partial charge in [0.2, 0.25) is 11.8 Å². The maximum absolute atomic E-state index is 13.0. The van der Waals surface area contributed by atoms with Gasteiger partial charge >= 0.3 is 0 Å². The summed E-state index contributed by atoms with van der Waals surface area (Å²) in [5, 5.41) is 0. The molecule has 1 unspecified atom stereocenters. The molecule has 6 heteroatoms. The third-order valence-electron chi connectivity index (χ3n) is 6.24. The van der Waals surface area contributed by atoms with Crippen LogP contribution in [0.1, 0.15) is 37.9 Å². The van der Waals surface area contributed by atoms with Crippen LogP contribution in [0.5, 0.6) is 0 Å². The highest BCUT2D eigenvalue weighted by Gasteiger charge is 2.40. The molecule has 5 rings (SSSR count). The van der Waals surface area contributed by atoms with Gasteiger partial charge in [-0.1, -0.05) is 25.0 Å². The standard InChI is InChI=1S/C20H24N4O2/c25-19-11-14(12-24(19)15-5-1-2-6-15)20(26)22-9-10-23-17-8-4-3-7-16(17)21-18(23)13-22/h3-4,7-8,14-15H,1-2,5-6,9-13H2. The number of para-hydroxylation sites is 2. The van der Waals surface area contributed by atoms with E-state index in [9.17, 15) is 9.59 Å². The van der Waals surface area contributed by atoms with Crippen LogP contribution in [0, 0.1) is 5.92 Å². The molecular formula is C20H24N4O2. The maximum Gasteiger partial charge on any atom is 0.228 e. The van der Waals surface area contributed by atoms with Gasteiger partial charge in [-0.05, 0) is 25.0 Å². The Kier molecular flexibility index (Phi) is 3.72. The number of carbonyl (C=O) groups excluding carboxylic acids is 2. The lowest BCUT2D eigenvalue weighted by Crippen LogP contribution is -2.42. The van der Waals surface area contributed by atoms with Crippen LogP contribution in [0.25, 0.3) is 11.0 Å². The van der Waals surface area contributed by atoms with Crippen LogP contribution in [0.2, 0.25) is 0 Å². The first-order valence-corrected chi connectivity index (χ1v) is 9.73. The largest absolute Gasteiger partial charge is 0.339 e. The molecule has 136 valence electrons. The zero-order valence-corrected chi connectivity index (χ0v) is 14.9. The fourth-order valence-corrected chi connectivity index (χ4v) is 4.88. The fraction of sp³-hybridized carbons (Fsp3) is 0.550. The summed E-state index contributed by atoms with van der Waals surface area (Å²) in [6.45, 7) is 2.62. The van der Waals surface area contributed by atoms with Crippen LogP contribution in [0.3, 0.4) is 0 Å². The number of fused-ring (bicyclic) bond motifs is 3. The van der Waals surface area contributed by atoms with Crippen molar-refractivity contribution in [2.45, 2.75) is 51.2 Å². The molecular weight excluding hydrogens is 328 g/mol. The summed E-state index contributed by atoms with van der Waals surface area (Å²) in [6.07, 6.45) is 4.98. The predicted octanol–water partition coefficient (Wildman–Crippen LogP) is 2.17. The lowest BCUT2D eigenvalue weighted by Gasteiger charge is -2.30. The quantitative estimate of drug-likeness (QED) is 0.832. The molecule has 2 fully saturated rings. The first kappa shape index (κ1) is 15.9. The van der Waals surface area contributed by atoms with Crippen molar-refractivity contribution >= 4 is 22.8 Å². The van der Waals surface area contributed by atoms with E-state index in [2.05, 4.69) is 10.6 Å². The topological polar surface area (TPSA) is 58.4 Å². The molecule has 0 radical (unpaired) electrons. The van der Waals surface area contributed by atoms with Gasteiger partial charge in [-0.15, -0.1) is 0 Å². The van der Waals surface area contributed by atoms with E-state index in [1.807, 2.05) is 28.0 Å². The van der Waals surface area contributed by atoms with Crippen molar-refractivity contribution < 1.29 is 9.59 Å². The highest BCUT2D eigenvalue weighted by Crippen LogP contribution is 2.31. The Balaban J connectivity index is 1.31. The number of rotatable bonds is 2. The minimum atomic E-state index is -0.181. The molecule has 1 aliphatic carbocycles. The Labute approximate surface area is 152 Å². The van der Waals surface area contributed by atoms with Gasteiger partial charge in [0.05, 0.1) is 23.5 Å². The summed E-state index contributed by atoms with van der Waals surface area (Å²) in [4.78, 5) is 34.0. The van der Waals surface area contributed by atoms with Gasteiger partial charge in [0.1, 0.15) is 5.82 Å². The molecule has 2 aliphatic heterocycles. The summed E-state index contributed by atoms with van der Waals surface area (Å²) < 4.78 is 2.21. The normalized spacial score (nSPS) is 23.8. The van der Waals surface area contributed by atoms with Gasteiger partial charge in [0, 0.05) is 32.1 Å². The van der Waals surface area contributed by atoms with E-state index < -0.39 is 0 Å². The van der Waals surface area contributed by atoms with Crippen molar-refractivity contribution in [3.05, 3.63) is 30.1 Å². The van der Waals surface area contributed by atoms with E-state index in [-0.39, 0.29) is 17.7 Å². The van der Waals surface area contributed by atoms with Crippen LogP contribution >= 0.6 is 0 Å². The van der Waals surface area contributed by atoms with Gasteiger partial charge < -0.3 is 14.4 Å². The zero-order chi connectivity index (χ0) is 17.7. The number of amides is 2. The number of nitrogens with zero attached hydrogens (tertiary/aromatic N) is 4. The van der Waals surface area contributed by atoms with Crippen molar-refractivity contribution in [3.63, 3.8) is 0 Å². The third kappa shape index (κ3) is 2.50. The van der Waals surface area contributed by atoms with Crippen LogP contribution in [-0.4, -0.2) is 50.3 Å². The lowest BCUT2D eigenvalue weighted by molar-refractivity contribution is -0.137. The van der Waals surface area contributed by atoms with Crippen molar-refractivity contribution in [2.75, 3.05) is 13.1 Å². The first-order chi connectivity index (χ1) is 12.7. The van der Waals surface area contributed by atoms with Crippen molar-refractivity contribution in [1.82, 2.24) is 19.4 Å². The monoisotopic (exact) mass is 352 g/mol. The molecule has 2 aromatic rings. The zero-order valence-electron chi connectivity index (χ0n) is 14.9. The summed E-state index contributed by atoms with van der Waals surface area (Å²) >= 11 is 0. The molecule has 0 bridgehead atoms. The van der Waals surface area contributed by atoms with Crippen molar-refractivity contribution in [2.24, 2.45) is 5.92 Å². The molecule has 1 atom stereocenters. The van der Waals surface area contributed by atoms with Crippen LogP contribution < -0.4 is 0 Å². The van der Waals surface area contributed by atoms with Gasteiger partial charge in [0.15, 0.2) is 0 Å². The van der Waals surface area contributed by atoms with Gasteiger partial charge in [-0.3, -0.25) is 9.59 Å². The number of benzene rings is 1. The molecule has 2 amide bonds. The summed E-state index contributed by atoms with van der Waals surface area (Å²) in [5.41, 5.74) is 2.12. The number of likely N-dealkylation sites (tertiary alicyclic amines) is 1. The number of hydrogen-bond acceptors (Lipinski definition) is 3. The van der Waals surface area contributed by atoms with Gasteiger partial charge in [-0.2, -0.15) is 0 Å². The molecule has 0 spiro atoms. The second-order valence-electron chi connectivity index (χ2n) is 7.81. The van der Waals surface area contributed by atoms with E-state index in [1.54, 1.807) is 0 Å². The van der Waals surface area contributed by atoms with Crippen molar-refractivity contribution in [3.8, 4) is 0 Å². The van der Waals surface area contributed by atoms with Crippen LogP contribution in [0.4, 0.5) is 0 Å². The second-order valence-corrected chi connectivity index (χ2v) is 7.81. The van der Waals surface area contributed by atoms with Crippen LogP contribution in [-0.2, 0) is 22.7 Å². The predicted molar refractivity (Wildman–Crippen MR) is 97.2 cm³/mol. The molecule has 1 saturated heterocycles. The summed E-state index contributed by atoms with van der Waals surface area (Å²) in [6, 6.07) is 8.48. The van der Waals surface area contributed by atoms with E-state index >= 15 is 0 Å². The molecule has 1 saturated carbocycles. The SMILES string of the molecule is O=C(C1CC(=O)N(C2CCCC2)C1)N1CCn2c(nc3ccccc32)C1. The molecule has 1 aromatic heterocycles. The lowest BCUT2D eigenvalue weighted by atomic mass is 10.1. The first-order valence-electron chi connectivity index (χ1n) is 9.73. The molecule has 0 N–H and O–H groups in total. The smallest absolute Gasteiger partial charge is 0.228 e. The Morgan fingerprint density at radius 2 is 1.92 bits per heavy atom. The fourth-order valence-electron chi connectivity index (χ4n) is 4.88. The number of aromatic nitrogens is 2. The maximum atomic E-state index is 13.0. The van der Waals surface area contributed by atoms with Crippen molar-refractivity contribution in [1.29, 1.82) is 0 Å². The Bertz CT molecular complexity index is 868. The Hall–Kier alpha value is -2.37. The second kappa shape index (κ2) is 6.11. The minimum Gasteiger partial charge on any atom is -0.339 e. The van der Waals surface area contributed by atoms with Gasteiger partial charge in [0.25, 0.3) is 0 Å². The molecule has 6 nitrogen and oxygen atoms in total. The Morgan fingerprint density at radius 1 is 1.12 bits per heavy atom. The molecule has 26 heavy (non-hydrogen) atoms.